The number of hydrogen-bond donors (Lipinski definition) is 1. The van der Waals surface area contributed by atoms with E-state index in [9.17, 15) is 4.79 Å². The van der Waals surface area contributed by atoms with Crippen LogP contribution in [0.1, 0.15) is 34.7 Å². The van der Waals surface area contributed by atoms with Crippen molar-refractivity contribution in [2.45, 2.75) is 19.9 Å². The van der Waals surface area contributed by atoms with Gasteiger partial charge in [0.05, 0.1) is 31.6 Å². The van der Waals surface area contributed by atoms with Crippen LogP contribution >= 0.6 is 0 Å². The zero-order valence-electron chi connectivity index (χ0n) is 14.9. The third-order valence-corrected chi connectivity index (χ3v) is 3.59. The molecule has 0 unspecified atom stereocenters. The minimum absolute atomic E-state index is 0.225. The molecule has 0 saturated carbocycles. The summed E-state index contributed by atoms with van der Waals surface area (Å²) in [7, 11) is 3.19. The fourth-order valence-corrected chi connectivity index (χ4v) is 2.17. The van der Waals surface area contributed by atoms with Crippen molar-refractivity contribution in [3.63, 3.8) is 0 Å². The molecule has 0 aliphatic rings. The van der Waals surface area contributed by atoms with Crippen LogP contribution in [0.2, 0.25) is 0 Å². The lowest BCUT2D eigenvalue weighted by Crippen LogP contribution is -2.27. The molecular formula is C18H23N3O4. The van der Waals surface area contributed by atoms with Gasteiger partial charge in [0.1, 0.15) is 12.3 Å². The highest BCUT2D eigenvalue weighted by atomic mass is 16.5. The molecule has 1 atom stereocenters. The summed E-state index contributed by atoms with van der Waals surface area (Å²) in [6, 6.07) is 5.32. The van der Waals surface area contributed by atoms with Crippen LogP contribution in [0.4, 0.5) is 0 Å². The van der Waals surface area contributed by atoms with Crippen molar-refractivity contribution in [1.29, 1.82) is 0 Å². The van der Waals surface area contributed by atoms with E-state index in [0.29, 0.717) is 24.7 Å². The van der Waals surface area contributed by atoms with Gasteiger partial charge in [0.2, 0.25) is 0 Å². The minimum atomic E-state index is -0.278. The second kappa shape index (κ2) is 8.98. The van der Waals surface area contributed by atoms with Gasteiger partial charge in [-0.1, -0.05) is 6.07 Å². The van der Waals surface area contributed by atoms with E-state index in [1.807, 2.05) is 32.0 Å². The van der Waals surface area contributed by atoms with E-state index < -0.39 is 0 Å². The Morgan fingerprint density at radius 3 is 2.60 bits per heavy atom. The molecule has 25 heavy (non-hydrogen) atoms. The summed E-state index contributed by atoms with van der Waals surface area (Å²) in [6.07, 6.45) is 3.03. The average Bonchev–Trinajstić information content (AvgIpc) is 2.62. The Morgan fingerprint density at radius 2 is 1.96 bits per heavy atom. The molecule has 0 spiro atoms. The SMILES string of the molecule is COCCOc1ccc([C@@H](C)NC(=O)c2cnc(C)cn2)cc1OC. The normalized spacial score (nSPS) is 11.7. The molecule has 0 fully saturated rings. The zero-order chi connectivity index (χ0) is 18.2. The van der Waals surface area contributed by atoms with Gasteiger partial charge in [0.25, 0.3) is 5.91 Å². The van der Waals surface area contributed by atoms with Gasteiger partial charge in [-0.05, 0) is 31.5 Å². The number of carbonyl (C=O) groups excluding carboxylic acids is 1. The Hall–Kier alpha value is -2.67. The third-order valence-electron chi connectivity index (χ3n) is 3.59. The quantitative estimate of drug-likeness (QED) is 0.739. The molecular weight excluding hydrogens is 322 g/mol. The second-order valence-electron chi connectivity index (χ2n) is 5.49. The topological polar surface area (TPSA) is 82.6 Å². The van der Waals surface area contributed by atoms with E-state index in [1.165, 1.54) is 6.20 Å². The summed E-state index contributed by atoms with van der Waals surface area (Å²) < 4.78 is 15.9. The Kier molecular flexibility index (Phi) is 6.71. The highest BCUT2D eigenvalue weighted by molar-refractivity contribution is 5.92. The number of methoxy groups -OCH3 is 2. The summed E-state index contributed by atoms with van der Waals surface area (Å²) >= 11 is 0. The summed E-state index contributed by atoms with van der Waals surface area (Å²) in [5.74, 6) is 0.954. The molecule has 0 aliphatic carbocycles. The maximum absolute atomic E-state index is 12.3. The van der Waals surface area contributed by atoms with Crippen LogP contribution in [0.3, 0.4) is 0 Å². The third kappa shape index (κ3) is 5.15. The molecule has 1 heterocycles. The van der Waals surface area contributed by atoms with Gasteiger partial charge in [-0.15, -0.1) is 0 Å². The Bertz CT molecular complexity index is 704. The molecule has 0 bridgehead atoms. The molecule has 1 aromatic heterocycles. The Balaban J connectivity index is 2.06. The highest BCUT2D eigenvalue weighted by Gasteiger charge is 2.15. The van der Waals surface area contributed by atoms with Crippen LogP contribution in [0.25, 0.3) is 0 Å². The van der Waals surface area contributed by atoms with Crippen molar-refractivity contribution >= 4 is 5.91 Å². The van der Waals surface area contributed by atoms with Crippen LogP contribution in [-0.2, 0) is 4.74 Å². The van der Waals surface area contributed by atoms with Gasteiger partial charge < -0.3 is 19.5 Å². The van der Waals surface area contributed by atoms with Crippen molar-refractivity contribution in [2.24, 2.45) is 0 Å². The smallest absolute Gasteiger partial charge is 0.271 e. The summed E-state index contributed by atoms with van der Waals surface area (Å²) in [5, 5.41) is 2.90. The largest absolute Gasteiger partial charge is 0.493 e. The lowest BCUT2D eigenvalue weighted by Gasteiger charge is -2.17. The summed E-state index contributed by atoms with van der Waals surface area (Å²) in [5.41, 5.74) is 1.94. The predicted molar refractivity (Wildman–Crippen MR) is 93.0 cm³/mol. The van der Waals surface area contributed by atoms with Crippen molar-refractivity contribution in [3.05, 3.63) is 47.5 Å². The van der Waals surface area contributed by atoms with Crippen molar-refractivity contribution < 1.29 is 19.0 Å². The molecule has 1 amide bonds. The molecule has 0 radical (unpaired) electrons. The standard InChI is InChI=1S/C18H23N3O4/c1-12-10-20-15(11-19-12)18(22)21-13(2)14-5-6-16(17(9-14)24-4)25-8-7-23-3/h5-6,9-11,13H,7-8H2,1-4H3,(H,21,22)/t13-/m1/s1. The highest BCUT2D eigenvalue weighted by Crippen LogP contribution is 2.30. The number of hydrogen-bond acceptors (Lipinski definition) is 6. The molecule has 2 rings (SSSR count). The number of amides is 1. The van der Waals surface area contributed by atoms with Crippen molar-refractivity contribution in [1.82, 2.24) is 15.3 Å². The Morgan fingerprint density at radius 1 is 1.16 bits per heavy atom. The van der Waals surface area contributed by atoms with Crippen LogP contribution < -0.4 is 14.8 Å². The lowest BCUT2D eigenvalue weighted by atomic mass is 10.1. The molecule has 1 aromatic carbocycles. The van der Waals surface area contributed by atoms with Crippen LogP contribution in [0.15, 0.2) is 30.6 Å². The first kappa shape index (κ1) is 18.7. The van der Waals surface area contributed by atoms with Crippen molar-refractivity contribution in [2.75, 3.05) is 27.4 Å². The first-order valence-corrected chi connectivity index (χ1v) is 7.94. The Labute approximate surface area is 147 Å². The number of nitrogens with zero attached hydrogens (tertiary/aromatic N) is 2. The number of aromatic nitrogens is 2. The van der Waals surface area contributed by atoms with Gasteiger partial charge in [0.15, 0.2) is 11.5 Å². The van der Waals surface area contributed by atoms with Crippen LogP contribution in [-0.4, -0.2) is 43.3 Å². The lowest BCUT2D eigenvalue weighted by molar-refractivity contribution is 0.0934. The van der Waals surface area contributed by atoms with Gasteiger partial charge >= 0.3 is 0 Å². The van der Waals surface area contributed by atoms with E-state index in [4.69, 9.17) is 14.2 Å². The molecule has 7 heteroatoms. The molecule has 2 aromatic rings. The van der Waals surface area contributed by atoms with Crippen molar-refractivity contribution in [3.8, 4) is 11.5 Å². The first-order valence-electron chi connectivity index (χ1n) is 7.94. The number of carbonyl (C=O) groups is 1. The molecule has 0 saturated heterocycles. The molecule has 134 valence electrons. The molecule has 0 aliphatic heterocycles. The number of benzene rings is 1. The number of ether oxygens (including phenoxy) is 3. The van der Waals surface area contributed by atoms with E-state index in [2.05, 4.69) is 15.3 Å². The summed E-state index contributed by atoms with van der Waals surface area (Å²) in [6.45, 7) is 4.64. The second-order valence-corrected chi connectivity index (χ2v) is 5.49. The minimum Gasteiger partial charge on any atom is -0.493 e. The summed E-state index contributed by atoms with van der Waals surface area (Å²) in [4.78, 5) is 20.4. The maximum atomic E-state index is 12.3. The average molecular weight is 345 g/mol. The molecule has 1 N–H and O–H groups in total. The molecule has 7 nitrogen and oxygen atoms in total. The zero-order valence-corrected chi connectivity index (χ0v) is 14.9. The van der Waals surface area contributed by atoms with Crippen LogP contribution in [0, 0.1) is 6.92 Å². The van der Waals surface area contributed by atoms with Gasteiger partial charge in [-0.25, -0.2) is 4.98 Å². The first-order chi connectivity index (χ1) is 12.0. The number of rotatable bonds is 8. The monoisotopic (exact) mass is 345 g/mol. The van der Waals surface area contributed by atoms with E-state index in [0.717, 1.165) is 11.3 Å². The van der Waals surface area contributed by atoms with Gasteiger partial charge in [-0.2, -0.15) is 0 Å². The fourth-order valence-electron chi connectivity index (χ4n) is 2.17. The van der Waals surface area contributed by atoms with Gasteiger partial charge in [-0.3, -0.25) is 9.78 Å². The number of nitrogens with one attached hydrogen (secondary N) is 1. The van der Waals surface area contributed by atoms with E-state index in [-0.39, 0.29) is 17.6 Å². The van der Waals surface area contributed by atoms with E-state index >= 15 is 0 Å². The predicted octanol–water partition coefficient (Wildman–Crippen LogP) is 2.31. The number of aryl methyl sites for hydroxylation is 1. The van der Waals surface area contributed by atoms with E-state index in [1.54, 1.807) is 20.4 Å². The fraction of sp³-hybridized carbons (Fsp3) is 0.389. The maximum Gasteiger partial charge on any atom is 0.271 e. The van der Waals surface area contributed by atoms with Gasteiger partial charge in [0, 0.05) is 13.3 Å². The van der Waals surface area contributed by atoms with Crippen LogP contribution in [0.5, 0.6) is 11.5 Å².